The van der Waals surface area contributed by atoms with Crippen molar-refractivity contribution in [3.8, 4) is 0 Å². The molecule has 1 saturated carbocycles. The van der Waals surface area contributed by atoms with E-state index in [4.69, 9.17) is 10.9 Å². The highest BCUT2D eigenvalue weighted by Gasteiger charge is 2.24. The van der Waals surface area contributed by atoms with Gasteiger partial charge in [0.25, 0.3) is 0 Å². The molecule has 1 fully saturated rings. The molecule has 0 heterocycles. The van der Waals surface area contributed by atoms with Gasteiger partial charge in [-0.25, -0.2) is 5.84 Å². The molecule has 0 aromatic carbocycles. The average molecular weight is 158 g/mol. The minimum atomic E-state index is -0.211. The Morgan fingerprint density at radius 3 is 2.36 bits per heavy atom. The molecule has 0 bridgehead atoms. The van der Waals surface area contributed by atoms with Crippen LogP contribution in [-0.2, 0) is 4.79 Å². The zero-order chi connectivity index (χ0) is 8.27. The Kier molecular flexibility index (Phi) is 2.84. The topological polar surface area (TPSA) is 75.3 Å². The standard InChI is InChI=1S/C7H14N2O2/c8-9-7(11)5-1-3-6(10)4-2-5/h5-6,10H,1-4,8H2,(H,9,11). The van der Waals surface area contributed by atoms with E-state index in [1.165, 1.54) is 0 Å². The minimum Gasteiger partial charge on any atom is -0.393 e. The van der Waals surface area contributed by atoms with Crippen molar-refractivity contribution < 1.29 is 9.90 Å². The average Bonchev–Trinajstić information content (AvgIpc) is 2.05. The summed E-state index contributed by atoms with van der Waals surface area (Å²) in [5.41, 5.74) is 2.13. The van der Waals surface area contributed by atoms with Gasteiger partial charge in [0, 0.05) is 5.92 Å². The number of rotatable bonds is 1. The van der Waals surface area contributed by atoms with Crippen molar-refractivity contribution in [1.29, 1.82) is 0 Å². The summed E-state index contributed by atoms with van der Waals surface area (Å²) in [4.78, 5) is 11.0. The van der Waals surface area contributed by atoms with Crippen molar-refractivity contribution in [1.82, 2.24) is 5.43 Å². The molecule has 64 valence electrons. The Hall–Kier alpha value is -0.610. The van der Waals surface area contributed by atoms with Gasteiger partial charge in [0.05, 0.1) is 6.10 Å². The van der Waals surface area contributed by atoms with E-state index in [-0.39, 0.29) is 17.9 Å². The lowest BCUT2D eigenvalue weighted by molar-refractivity contribution is -0.126. The molecule has 0 saturated heterocycles. The van der Waals surface area contributed by atoms with Gasteiger partial charge in [0.1, 0.15) is 0 Å². The van der Waals surface area contributed by atoms with Crippen LogP contribution in [0.5, 0.6) is 0 Å². The molecule has 0 aromatic rings. The second kappa shape index (κ2) is 3.69. The predicted octanol–water partition coefficient (Wildman–Crippen LogP) is -0.473. The maximum Gasteiger partial charge on any atom is 0.236 e. The maximum absolute atomic E-state index is 11.0. The van der Waals surface area contributed by atoms with Crippen LogP contribution >= 0.6 is 0 Å². The third-order valence-corrected chi connectivity index (χ3v) is 2.21. The Labute approximate surface area is 65.7 Å². The first-order valence-electron chi connectivity index (χ1n) is 3.92. The van der Waals surface area contributed by atoms with Gasteiger partial charge in [-0.2, -0.15) is 0 Å². The van der Waals surface area contributed by atoms with Crippen molar-refractivity contribution >= 4 is 5.91 Å². The highest BCUT2D eigenvalue weighted by molar-refractivity contribution is 5.77. The first-order chi connectivity index (χ1) is 5.24. The molecule has 0 spiro atoms. The zero-order valence-corrected chi connectivity index (χ0v) is 6.42. The van der Waals surface area contributed by atoms with E-state index in [0.29, 0.717) is 0 Å². The summed E-state index contributed by atoms with van der Waals surface area (Å²) in [6.45, 7) is 0. The van der Waals surface area contributed by atoms with Crippen LogP contribution in [0.4, 0.5) is 0 Å². The molecule has 1 rings (SSSR count). The smallest absolute Gasteiger partial charge is 0.236 e. The highest BCUT2D eigenvalue weighted by Crippen LogP contribution is 2.23. The number of hydrogen-bond acceptors (Lipinski definition) is 3. The summed E-state index contributed by atoms with van der Waals surface area (Å²) in [6.07, 6.45) is 2.74. The van der Waals surface area contributed by atoms with Crippen LogP contribution < -0.4 is 11.3 Å². The Balaban J connectivity index is 2.33. The van der Waals surface area contributed by atoms with E-state index in [1.54, 1.807) is 0 Å². The first-order valence-corrected chi connectivity index (χ1v) is 3.92. The normalized spacial score (nSPS) is 31.5. The number of nitrogens with one attached hydrogen (secondary N) is 1. The quantitative estimate of drug-likeness (QED) is 0.274. The van der Waals surface area contributed by atoms with E-state index in [0.717, 1.165) is 25.7 Å². The fourth-order valence-corrected chi connectivity index (χ4v) is 1.46. The second-order valence-electron chi connectivity index (χ2n) is 3.01. The number of hydrazine groups is 1. The number of carbonyl (C=O) groups is 1. The largest absolute Gasteiger partial charge is 0.393 e. The van der Waals surface area contributed by atoms with Gasteiger partial charge in [-0.3, -0.25) is 10.2 Å². The van der Waals surface area contributed by atoms with Crippen molar-refractivity contribution in [2.75, 3.05) is 0 Å². The van der Waals surface area contributed by atoms with Gasteiger partial charge in [0.2, 0.25) is 5.91 Å². The lowest BCUT2D eigenvalue weighted by Crippen LogP contribution is -2.38. The van der Waals surface area contributed by atoms with Gasteiger partial charge >= 0.3 is 0 Å². The number of aliphatic hydroxyl groups excluding tert-OH is 1. The van der Waals surface area contributed by atoms with Crippen LogP contribution in [0.15, 0.2) is 0 Å². The molecular formula is C7H14N2O2. The lowest BCUT2D eigenvalue weighted by Gasteiger charge is -2.23. The fourth-order valence-electron chi connectivity index (χ4n) is 1.46. The van der Waals surface area contributed by atoms with E-state index >= 15 is 0 Å². The first kappa shape index (κ1) is 8.49. The molecule has 1 aliphatic rings. The van der Waals surface area contributed by atoms with Crippen LogP contribution in [0, 0.1) is 5.92 Å². The Morgan fingerprint density at radius 1 is 1.36 bits per heavy atom. The fraction of sp³-hybridized carbons (Fsp3) is 0.857. The maximum atomic E-state index is 11.0. The lowest BCUT2D eigenvalue weighted by atomic mass is 9.87. The molecule has 0 aromatic heterocycles. The van der Waals surface area contributed by atoms with Gasteiger partial charge in [-0.05, 0) is 25.7 Å². The highest BCUT2D eigenvalue weighted by atomic mass is 16.3. The summed E-state index contributed by atoms with van der Waals surface area (Å²) < 4.78 is 0. The van der Waals surface area contributed by atoms with Crippen LogP contribution in [0.3, 0.4) is 0 Å². The van der Waals surface area contributed by atoms with Crippen molar-refractivity contribution in [2.45, 2.75) is 31.8 Å². The molecule has 4 nitrogen and oxygen atoms in total. The number of amides is 1. The SMILES string of the molecule is NNC(=O)C1CCC(O)CC1. The van der Waals surface area contributed by atoms with Crippen LogP contribution in [0.1, 0.15) is 25.7 Å². The molecule has 0 unspecified atom stereocenters. The summed E-state index contributed by atoms with van der Waals surface area (Å²) in [5.74, 6) is 4.89. The number of hydrogen-bond donors (Lipinski definition) is 3. The van der Waals surface area contributed by atoms with Crippen LogP contribution in [0.25, 0.3) is 0 Å². The molecule has 0 atom stereocenters. The molecule has 11 heavy (non-hydrogen) atoms. The third kappa shape index (κ3) is 2.17. The predicted molar refractivity (Wildman–Crippen MR) is 40.3 cm³/mol. The van der Waals surface area contributed by atoms with Gasteiger partial charge in [0.15, 0.2) is 0 Å². The number of nitrogens with two attached hydrogens (primary N) is 1. The van der Waals surface area contributed by atoms with Crippen molar-refractivity contribution in [2.24, 2.45) is 11.8 Å². The molecule has 0 radical (unpaired) electrons. The van der Waals surface area contributed by atoms with Gasteiger partial charge in [-0.1, -0.05) is 0 Å². The van der Waals surface area contributed by atoms with Crippen molar-refractivity contribution in [3.63, 3.8) is 0 Å². The monoisotopic (exact) mass is 158 g/mol. The molecular weight excluding hydrogens is 144 g/mol. The molecule has 1 amide bonds. The van der Waals surface area contributed by atoms with E-state index in [1.807, 2.05) is 0 Å². The number of aliphatic hydroxyl groups is 1. The Bertz CT molecular complexity index is 141. The third-order valence-electron chi connectivity index (χ3n) is 2.21. The summed E-state index contributed by atoms with van der Waals surface area (Å²) in [5, 5.41) is 9.12. The number of carbonyl (C=O) groups excluding carboxylic acids is 1. The minimum absolute atomic E-state index is 0.0170. The molecule has 0 aliphatic heterocycles. The summed E-state index contributed by atoms with van der Waals surface area (Å²) >= 11 is 0. The van der Waals surface area contributed by atoms with E-state index < -0.39 is 0 Å². The van der Waals surface area contributed by atoms with E-state index in [9.17, 15) is 4.79 Å². The summed E-state index contributed by atoms with van der Waals surface area (Å²) in [6, 6.07) is 0. The molecule has 4 heteroatoms. The van der Waals surface area contributed by atoms with E-state index in [2.05, 4.69) is 5.43 Å². The second-order valence-corrected chi connectivity index (χ2v) is 3.01. The molecule has 1 aliphatic carbocycles. The van der Waals surface area contributed by atoms with Gasteiger partial charge in [-0.15, -0.1) is 0 Å². The zero-order valence-electron chi connectivity index (χ0n) is 6.42. The Morgan fingerprint density at radius 2 is 1.91 bits per heavy atom. The van der Waals surface area contributed by atoms with Gasteiger partial charge < -0.3 is 5.11 Å². The molecule has 4 N–H and O–H groups in total. The van der Waals surface area contributed by atoms with Crippen LogP contribution in [-0.4, -0.2) is 17.1 Å². The van der Waals surface area contributed by atoms with Crippen molar-refractivity contribution in [3.05, 3.63) is 0 Å². The summed E-state index contributed by atoms with van der Waals surface area (Å²) in [7, 11) is 0. The van der Waals surface area contributed by atoms with Crippen LogP contribution in [0.2, 0.25) is 0 Å².